The second-order valence-corrected chi connectivity index (χ2v) is 6.34. The number of amides is 1. The minimum atomic E-state index is -1.000. The lowest BCUT2D eigenvalue weighted by molar-refractivity contribution is -0.123. The number of carbonyl (C=O) groups excluding carboxylic acids is 2. The molecule has 0 radical (unpaired) electrons. The van der Waals surface area contributed by atoms with Crippen LogP contribution in [-0.4, -0.2) is 25.1 Å². The van der Waals surface area contributed by atoms with Crippen molar-refractivity contribution in [3.63, 3.8) is 0 Å². The monoisotopic (exact) mass is 383 g/mol. The van der Waals surface area contributed by atoms with Crippen LogP contribution in [0.25, 0.3) is 10.8 Å². The fourth-order valence-corrected chi connectivity index (χ4v) is 2.86. The molecule has 5 nitrogen and oxygen atoms in total. The molecule has 0 aliphatic heterocycles. The average molecular weight is 384 g/mol. The molecule has 0 aromatic heterocycles. The predicted molar refractivity (Wildman–Crippen MR) is 105 cm³/mol. The largest absolute Gasteiger partial charge is 0.496 e. The normalized spacial score (nSPS) is 11.7. The minimum absolute atomic E-state index is 0.162. The van der Waals surface area contributed by atoms with Gasteiger partial charge in [-0.3, -0.25) is 4.79 Å². The van der Waals surface area contributed by atoms with Gasteiger partial charge in [-0.15, -0.1) is 0 Å². The minimum Gasteiger partial charge on any atom is -0.496 e. The molecule has 0 unspecified atom stereocenters. The number of nitrogens with one attached hydrogen (secondary N) is 1. The number of halogens is 1. The van der Waals surface area contributed by atoms with E-state index in [1.54, 1.807) is 18.2 Å². The van der Waals surface area contributed by atoms with Crippen LogP contribution in [0.15, 0.2) is 60.7 Å². The number of methoxy groups -OCH3 is 1. The van der Waals surface area contributed by atoms with Crippen molar-refractivity contribution >= 4 is 39.9 Å². The molecule has 0 fully saturated rings. The first-order valence-electron chi connectivity index (χ1n) is 8.32. The third kappa shape index (κ3) is 4.20. The number of hydrogen-bond acceptors (Lipinski definition) is 4. The molecule has 138 valence electrons. The molecular formula is C21H18ClNO4. The molecule has 3 rings (SSSR count). The highest BCUT2D eigenvalue weighted by Gasteiger charge is 2.22. The smallest absolute Gasteiger partial charge is 0.342 e. The van der Waals surface area contributed by atoms with Crippen LogP contribution in [0.5, 0.6) is 5.75 Å². The van der Waals surface area contributed by atoms with Gasteiger partial charge in [0.1, 0.15) is 11.3 Å². The lowest BCUT2D eigenvalue weighted by Gasteiger charge is -2.16. The van der Waals surface area contributed by atoms with Crippen LogP contribution in [0.4, 0.5) is 5.69 Å². The van der Waals surface area contributed by atoms with Gasteiger partial charge in [0.15, 0.2) is 6.10 Å². The Morgan fingerprint density at radius 3 is 2.56 bits per heavy atom. The maximum atomic E-state index is 12.5. The van der Waals surface area contributed by atoms with Gasteiger partial charge in [-0.25, -0.2) is 4.79 Å². The number of ether oxygens (including phenoxy) is 2. The predicted octanol–water partition coefficient (Wildman–Crippen LogP) is 4.69. The Kier molecular flexibility index (Phi) is 5.62. The number of hydrogen-bond donors (Lipinski definition) is 1. The molecule has 1 atom stereocenters. The summed E-state index contributed by atoms with van der Waals surface area (Å²) >= 11 is 5.94. The molecule has 1 N–H and O–H groups in total. The SMILES string of the molecule is COc1ccc(Cl)cc1C(=O)O[C@H](C)C(=O)Nc1cccc2ccccc12. The first kappa shape index (κ1) is 18.7. The van der Waals surface area contributed by atoms with E-state index < -0.39 is 18.0 Å². The summed E-state index contributed by atoms with van der Waals surface area (Å²) in [5.41, 5.74) is 0.816. The zero-order chi connectivity index (χ0) is 19.4. The zero-order valence-electron chi connectivity index (χ0n) is 14.9. The van der Waals surface area contributed by atoms with Crippen molar-refractivity contribution in [3.8, 4) is 5.75 Å². The number of anilines is 1. The van der Waals surface area contributed by atoms with E-state index in [-0.39, 0.29) is 5.56 Å². The second kappa shape index (κ2) is 8.10. The van der Waals surface area contributed by atoms with E-state index in [0.29, 0.717) is 16.5 Å². The maximum Gasteiger partial charge on any atom is 0.342 e. The molecule has 3 aromatic rings. The van der Waals surface area contributed by atoms with Crippen molar-refractivity contribution in [3.05, 3.63) is 71.2 Å². The number of benzene rings is 3. The first-order valence-corrected chi connectivity index (χ1v) is 8.70. The number of esters is 1. The maximum absolute atomic E-state index is 12.5. The van der Waals surface area contributed by atoms with Crippen LogP contribution < -0.4 is 10.1 Å². The van der Waals surface area contributed by atoms with E-state index in [4.69, 9.17) is 21.1 Å². The van der Waals surface area contributed by atoms with E-state index >= 15 is 0 Å². The van der Waals surface area contributed by atoms with Gasteiger partial charge in [0, 0.05) is 16.1 Å². The van der Waals surface area contributed by atoms with Gasteiger partial charge in [0.2, 0.25) is 0 Å². The molecule has 27 heavy (non-hydrogen) atoms. The number of carbonyl (C=O) groups is 2. The Balaban J connectivity index is 1.74. The molecule has 6 heteroatoms. The molecule has 3 aromatic carbocycles. The number of fused-ring (bicyclic) bond motifs is 1. The fraction of sp³-hybridized carbons (Fsp3) is 0.143. The van der Waals surface area contributed by atoms with Gasteiger partial charge >= 0.3 is 5.97 Å². The van der Waals surface area contributed by atoms with Crippen molar-refractivity contribution in [1.29, 1.82) is 0 Å². The molecule has 0 aliphatic rings. The summed E-state index contributed by atoms with van der Waals surface area (Å²) in [6.07, 6.45) is -1.000. The van der Waals surface area contributed by atoms with E-state index in [1.807, 2.05) is 36.4 Å². The van der Waals surface area contributed by atoms with Crippen molar-refractivity contribution in [2.75, 3.05) is 12.4 Å². The molecule has 0 spiro atoms. The van der Waals surface area contributed by atoms with Crippen LogP contribution in [0.3, 0.4) is 0 Å². The van der Waals surface area contributed by atoms with Crippen LogP contribution in [0, 0.1) is 0 Å². The van der Waals surface area contributed by atoms with Crippen molar-refractivity contribution in [2.24, 2.45) is 0 Å². The highest BCUT2D eigenvalue weighted by atomic mass is 35.5. The van der Waals surface area contributed by atoms with Gasteiger partial charge in [-0.2, -0.15) is 0 Å². The third-order valence-corrected chi connectivity index (χ3v) is 4.32. The summed E-state index contributed by atoms with van der Waals surface area (Å²) in [6, 6.07) is 17.9. The van der Waals surface area contributed by atoms with Gasteiger partial charge in [0.25, 0.3) is 5.91 Å². The standard InChI is InChI=1S/C21H18ClNO4/c1-13(27-21(25)17-12-15(22)10-11-19(17)26-2)20(24)23-18-9-5-7-14-6-3-4-8-16(14)18/h3-13H,1-2H3,(H,23,24)/t13-/m1/s1. The van der Waals surface area contributed by atoms with E-state index in [1.165, 1.54) is 20.1 Å². The van der Waals surface area contributed by atoms with Crippen molar-refractivity contribution in [2.45, 2.75) is 13.0 Å². The van der Waals surface area contributed by atoms with Crippen molar-refractivity contribution in [1.82, 2.24) is 0 Å². The lowest BCUT2D eigenvalue weighted by atomic mass is 10.1. The molecule has 0 saturated heterocycles. The summed E-state index contributed by atoms with van der Waals surface area (Å²) in [5, 5.41) is 5.09. The summed E-state index contributed by atoms with van der Waals surface area (Å²) in [7, 11) is 1.44. The number of rotatable bonds is 5. The van der Waals surface area contributed by atoms with Gasteiger partial charge in [-0.1, -0.05) is 48.0 Å². The summed E-state index contributed by atoms with van der Waals surface area (Å²) in [5.74, 6) is -0.790. The first-order chi connectivity index (χ1) is 13.0. The Hall–Kier alpha value is -3.05. The average Bonchev–Trinajstić information content (AvgIpc) is 2.68. The topological polar surface area (TPSA) is 64.6 Å². The molecule has 0 bridgehead atoms. The Morgan fingerprint density at radius 2 is 1.78 bits per heavy atom. The fourth-order valence-electron chi connectivity index (χ4n) is 2.69. The molecular weight excluding hydrogens is 366 g/mol. The molecule has 0 heterocycles. The van der Waals surface area contributed by atoms with E-state index in [0.717, 1.165) is 10.8 Å². The van der Waals surface area contributed by atoms with Gasteiger partial charge in [-0.05, 0) is 36.6 Å². The lowest BCUT2D eigenvalue weighted by Crippen LogP contribution is -2.30. The van der Waals surface area contributed by atoms with Gasteiger partial charge < -0.3 is 14.8 Å². The molecule has 0 saturated carbocycles. The van der Waals surface area contributed by atoms with Crippen LogP contribution in [-0.2, 0) is 9.53 Å². The highest BCUT2D eigenvalue weighted by Crippen LogP contribution is 2.25. The van der Waals surface area contributed by atoms with Crippen LogP contribution in [0.2, 0.25) is 5.02 Å². The molecule has 1 amide bonds. The summed E-state index contributed by atoms with van der Waals surface area (Å²) in [6.45, 7) is 1.51. The Labute approximate surface area is 161 Å². The Morgan fingerprint density at radius 1 is 1.04 bits per heavy atom. The van der Waals surface area contributed by atoms with Crippen LogP contribution in [0.1, 0.15) is 17.3 Å². The van der Waals surface area contributed by atoms with Crippen LogP contribution >= 0.6 is 11.6 Å². The van der Waals surface area contributed by atoms with Crippen molar-refractivity contribution < 1.29 is 19.1 Å². The molecule has 0 aliphatic carbocycles. The quantitative estimate of drug-likeness (QED) is 0.649. The summed E-state index contributed by atoms with van der Waals surface area (Å²) in [4.78, 5) is 24.9. The zero-order valence-corrected chi connectivity index (χ0v) is 15.6. The highest BCUT2D eigenvalue weighted by molar-refractivity contribution is 6.31. The second-order valence-electron chi connectivity index (χ2n) is 5.91. The Bertz CT molecular complexity index is 997. The van der Waals surface area contributed by atoms with Gasteiger partial charge in [0.05, 0.1) is 7.11 Å². The van der Waals surface area contributed by atoms with E-state index in [9.17, 15) is 9.59 Å². The third-order valence-electron chi connectivity index (χ3n) is 4.08. The van der Waals surface area contributed by atoms with E-state index in [2.05, 4.69) is 5.32 Å². The summed E-state index contributed by atoms with van der Waals surface area (Å²) < 4.78 is 10.4.